The van der Waals surface area contributed by atoms with Gasteiger partial charge in [-0.1, -0.05) is 43.2 Å². The number of benzene rings is 2. The Bertz CT molecular complexity index is 996. The third kappa shape index (κ3) is 5.14. The van der Waals surface area contributed by atoms with Crippen LogP contribution in [0.4, 0.5) is 0 Å². The van der Waals surface area contributed by atoms with Crippen molar-refractivity contribution in [1.82, 2.24) is 10.4 Å². The topological polar surface area (TPSA) is 95.9 Å². The van der Waals surface area contributed by atoms with Crippen molar-refractivity contribution in [3.05, 3.63) is 59.7 Å². The lowest BCUT2D eigenvalue weighted by Gasteiger charge is -2.39. The van der Waals surface area contributed by atoms with Gasteiger partial charge in [-0.2, -0.15) is 0 Å². The highest BCUT2D eigenvalue weighted by atomic mass is 32.2. The van der Waals surface area contributed by atoms with E-state index in [0.29, 0.717) is 32.0 Å². The van der Waals surface area contributed by atoms with Crippen LogP contribution in [0.2, 0.25) is 0 Å². The molecule has 0 atom stereocenters. The number of nitrogens with one attached hydrogen (secondary N) is 1. The minimum absolute atomic E-state index is 0.0518. The molecule has 1 aliphatic heterocycles. The van der Waals surface area contributed by atoms with Crippen LogP contribution in [0.3, 0.4) is 0 Å². The molecule has 8 heteroatoms. The molecule has 2 aromatic rings. The van der Waals surface area contributed by atoms with E-state index in [2.05, 4.69) is 24.0 Å². The van der Waals surface area contributed by atoms with Crippen LogP contribution in [0.5, 0.6) is 5.75 Å². The van der Waals surface area contributed by atoms with Crippen molar-refractivity contribution in [2.24, 2.45) is 0 Å². The molecule has 0 saturated carbocycles. The van der Waals surface area contributed by atoms with Crippen molar-refractivity contribution in [1.29, 1.82) is 0 Å². The molecule has 0 radical (unpaired) electrons. The lowest BCUT2D eigenvalue weighted by molar-refractivity contribution is -0.133. The summed E-state index contributed by atoms with van der Waals surface area (Å²) in [5.41, 5.74) is 3.92. The summed E-state index contributed by atoms with van der Waals surface area (Å²) in [5.74, 6) is -0.290. The van der Waals surface area contributed by atoms with Crippen LogP contribution in [-0.4, -0.2) is 48.9 Å². The van der Waals surface area contributed by atoms with E-state index in [1.807, 2.05) is 19.1 Å². The smallest absolute Gasteiger partial charge is 0.265 e. The molecule has 0 unspecified atom stereocenters. The van der Waals surface area contributed by atoms with Gasteiger partial charge in [0.05, 0.1) is 11.5 Å². The first-order valence-corrected chi connectivity index (χ1v) is 12.5. The van der Waals surface area contributed by atoms with Crippen LogP contribution < -0.4 is 10.2 Å². The number of sulfone groups is 1. The average Bonchev–Trinajstić information content (AvgIpc) is 2.81. The van der Waals surface area contributed by atoms with Crippen molar-refractivity contribution in [2.75, 3.05) is 19.7 Å². The zero-order valence-electron chi connectivity index (χ0n) is 18.7. The number of hydrogen-bond donors (Lipinski definition) is 2. The van der Waals surface area contributed by atoms with Crippen LogP contribution >= 0.6 is 0 Å². The Morgan fingerprint density at radius 1 is 1.09 bits per heavy atom. The number of ether oxygens (including phenoxy) is 1. The number of hydrogen-bond acceptors (Lipinski definition) is 6. The van der Waals surface area contributed by atoms with Gasteiger partial charge in [-0.3, -0.25) is 14.9 Å². The van der Waals surface area contributed by atoms with Crippen molar-refractivity contribution in [2.45, 2.75) is 55.7 Å². The monoisotopic (exact) mass is 460 g/mol. The minimum atomic E-state index is -4.03. The summed E-state index contributed by atoms with van der Waals surface area (Å²) < 4.78 is 31.0. The summed E-state index contributed by atoms with van der Waals surface area (Å²) in [6.07, 6.45) is 2.12. The molecule has 2 N–H and O–H groups in total. The first-order chi connectivity index (χ1) is 15.3. The number of hydroxylamine groups is 1. The van der Waals surface area contributed by atoms with Gasteiger partial charge < -0.3 is 4.74 Å². The second kappa shape index (κ2) is 10.5. The van der Waals surface area contributed by atoms with Crippen LogP contribution in [0, 0.1) is 6.92 Å². The SMILES string of the molecule is CCCCOc1ccc(S(=O)(=O)C2(C(=O)NO)CCN(Cc3ccc(C)cc3)CC2)cc1. The zero-order chi connectivity index (χ0) is 23.2. The number of piperidine rings is 1. The van der Waals surface area contributed by atoms with Crippen molar-refractivity contribution < 1.29 is 23.2 Å². The Balaban J connectivity index is 1.77. The summed E-state index contributed by atoms with van der Waals surface area (Å²) in [6.45, 7) is 6.20. The number of likely N-dealkylation sites (tertiary alicyclic amines) is 1. The molecule has 2 aromatic carbocycles. The fourth-order valence-corrected chi connectivity index (χ4v) is 5.97. The third-order valence-corrected chi connectivity index (χ3v) is 8.64. The Labute approximate surface area is 190 Å². The van der Waals surface area contributed by atoms with E-state index in [0.717, 1.165) is 18.4 Å². The molecule has 174 valence electrons. The number of carbonyl (C=O) groups excluding carboxylic acids is 1. The molecule has 1 fully saturated rings. The minimum Gasteiger partial charge on any atom is -0.494 e. The lowest BCUT2D eigenvalue weighted by atomic mass is 9.94. The molecule has 1 saturated heterocycles. The first-order valence-electron chi connectivity index (χ1n) is 11.0. The molecule has 1 heterocycles. The predicted molar refractivity (Wildman–Crippen MR) is 122 cm³/mol. The van der Waals surface area contributed by atoms with Crippen LogP contribution in [-0.2, 0) is 21.2 Å². The zero-order valence-corrected chi connectivity index (χ0v) is 19.5. The standard InChI is InChI=1S/C24H32N2O5S/c1-3-4-17-31-21-9-11-22(12-10-21)32(29,30)24(23(27)25-28)13-15-26(16-14-24)18-20-7-5-19(2)6-8-20/h5-12,28H,3-4,13-18H2,1-2H3,(H,25,27). The normalized spacial score (nSPS) is 16.5. The van der Waals surface area contributed by atoms with Gasteiger partial charge in [0.25, 0.3) is 5.91 Å². The summed E-state index contributed by atoms with van der Waals surface area (Å²) in [7, 11) is -4.03. The summed E-state index contributed by atoms with van der Waals surface area (Å²) in [4.78, 5) is 14.9. The van der Waals surface area contributed by atoms with E-state index in [1.165, 1.54) is 17.7 Å². The number of rotatable bonds is 9. The molecular weight excluding hydrogens is 428 g/mol. The largest absolute Gasteiger partial charge is 0.494 e. The number of aryl methyl sites for hydroxylation is 1. The number of amides is 1. The summed E-state index contributed by atoms with van der Waals surface area (Å²) in [6, 6.07) is 14.4. The Morgan fingerprint density at radius 3 is 2.28 bits per heavy atom. The fraction of sp³-hybridized carbons (Fsp3) is 0.458. The second-order valence-electron chi connectivity index (χ2n) is 8.37. The highest BCUT2D eigenvalue weighted by molar-refractivity contribution is 7.93. The summed E-state index contributed by atoms with van der Waals surface area (Å²) in [5, 5.41) is 9.36. The van der Waals surface area contributed by atoms with Gasteiger partial charge in [0.15, 0.2) is 14.6 Å². The molecule has 0 aromatic heterocycles. The van der Waals surface area contributed by atoms with Gasteiger partial charge in [0, 0.05) is 19.6 Å². The van der Waals surface area contributed by atoms with Gasteiger partial charge in [-0.25, -0.2) is 13.9 Å². The molecule has 0 bridgehead atoms. The fourth-order valence-electron chi connectivity index (χ4n) is 4.02. The number of carbonyl (C=O) groups is 1. The quantitative estimate of drug-likeness (QED) is 0.338. The maximum atomic E-state index is 13.6. The third-order valence-electron chi connectivity index (χ3n) is 6.12. The number of nitrogens with zero attached hydrogens (tertiary/aromatic N) is 1. The predicted octanol–water partition coefficient (Wildman–Crippen LogP) is 3.49. The van der Waals surface area contributed by atoms with E-state index in [1.54, 1.807) is 17.6 Å². The summed E-state index contributed by atoms with van der Waals surface area (Å²) >= 11 is 0. The maximum Gasteiger partial charge on any atom is 0.265 e. The van der Waals surface area contributed by atoms with E-state index in [4.69, 9.17) is 4.74 Å². The molecular formula is C24H32N2O5S. The van der Waals surface area contributed by atoms with Gasteiger partial charge >= 0.3 is 0 Å². The van der Waals surface area contributed by atoms with Crippen molar-refractivity contribution in [3.63, 3.8) is 0 Å². The average molecular weight is 461 g/mol. The first kappa shape index (κ1) is 24.2. The van der Waals surface area contributed by atoms with Crippen LogP contribution in [0.25, 0.3) is 0 Å². The molecule has 32 heavy (non-hydrogen) atoms. The Hall–Kier alpha value is -2.42. The van der Waals surface area contributed by atoms with E-state index in [9.17, 15) is 18.4 Å². The Morgan fingerprint density at radius 2 is 1.72 bits per heavy atom. The molecule has 0 aliphatic carbocycles. The van der Waals surface area contributed by atoms with Crippen molar-refractivity contribution in [3.8, 4) is 5.75 Å². The highest BCUT2D eigenvalue weighted by Gasteiger charge is 2.52. The van der Waals surface area contributed by atoms with E-state index < -0.39 is 20.5 Å². The van der Waals surface area contributed by atoms with E-state index in [-0.39, 0.29) is 17.7 Å². The molecule has 1 aliphatic rings. The molecule has 3 rings (SSSR count). The van der Waals surface area contributed by atoms with Crippen LogP contribution in [0.15, 0.2) is 53.4 Å². The maximum absolute atomic E-state index is 13.6. The molecule has 0 spiro atoms. The second-order valence-corrected chi connectivity index (χ2v) is 10.6. The van der Waals surface area contributed by atoms with Gasteiger partial charge in [-0.15, -0.1) is 0 Å². The highest BCUT2D eigenvalue weighted by Crippen LogP contribution is 2.37. The van der Waals surface area contributed by atoms with Crippen molar-refractivity contribution >= 4 is 15.7 Å². The molecule has 1 amide bonds. The van der Waals surface area contributed by atoms with E-state index >= 15 is 0 Å². The Kier molecular flexibility index (Phi) is 7.92. The van der Waals surface area contributed by atoms with Gasteiger partial charge in [0.1, 0.15) is 5.75 Å². The van der Waals surface area contributed by atoms with Gasteiger partial charge in [0.2, 0.25) is 0 Å². The molecule has 7 nitrogen and oxygen atoms in total. The number of unbranched alkanes of at least 4 members (excludes halogenated alkanes) is 1. The van der Waals surface area contributed by atoms with Crippen LogP contribution in [0.1, 0.15) is 43.7 Å². The lowest BCUT2D eigenvalue weighted by Crippen LogP contribution is -2.57. The van der Waals surface area contributed by atoms with Gasteiger partial charge in [-0.05, 0) is 56.0 Å².